The molecule has 1 amide bonds. The molecule has 1 saturated heterocycles. The second-order valence-electron chi connectivity index (χ2n) is 7.68. The molecule has 0 radical (unpaired) electrons. The van der Waals surface area contributed by atoms with Crippen LogP contribution in [0.25, 0.3) is 0 Å². The third-order valence-electron chi connectivity index (χ3n) is 5.96. The van der Waals surface area contributed by atoms with Crippen LogP contribution in [0.5, 0.6) is 0 Å². The Labute approximate surface area is 159 Å². The number of halogens is 1. The highest BCUT2D eigenvalue weighted by Gasteiger charge is 2.45. The number of carbonyl (C=O) groups excluding carboxylic acids is 2. The lowest BCUT2D eigenvalue weighted by Crippen LogP contribution is -2.47. The predicted molar refractivity (Wildman–Crippen MR) is 101 cm³/mol. The fourth-order valence-corrected chi connectivity index (χ4v) is 4.66. The van der Waals surface area contributed by atoms with Gasteiger partial charge in [-0.3, -0.25) is 9.59 Å². The van der Waals surface area contributed by atoms with E-state index in [-0.39, 0.29) is 17.5 Å². The summed E-state index contributed by atoms with van der Waals surface area (Å²) in [7, 11) is 0. The van der Waals surface area contributed by atoms with Gasteiger partial charge in [0.1, 0.15) is 5.82 Å². The fourth-order valence-electron chi connectivity index (χ4n) is 4.66. The molecule has 2 aliphatic heterocycles. The van der Waals surface area contributed by atoms with Gasteiger partial charge in [-0.05, 0) is 43.7 Å². The number of amides is 1. The van der Waals surface area contributed by atoms with Crippen molar-refractivity contribution in [2.45, 2.75) is 44.4 Å². The minimum Gasteiger partial charge on any atom is -0.362 e. The summed E-state index contributed by atoms with van der Waals surface area (Å²) < 4.78 is 14.8. The monoisotopic (exact) mass is 368 g/mol. The average Bonchev–Trinajstić information content (AvgIpc) is 2.68. The van der Waals surface area contributed by atoms with Crippen molar-refractivity contribution in [2.75, 3.05) is 13.1 Å². The molecule has 2 atom stereocenters. The number of piperidine rings is 1. The third kappa shape index (κ3) is 3.20. The van der Waals surface area contributed by atoms with E-state index in [9.17, 15) is 14.0 Å². The Kier molecular flexibility index (Phi) is 4.85. The van der Waals surface area contributed by atoms with Crippen molar-refractivity contribution < 1.29 is 14.0 Å². The minimum absolute atomic E-state index is 0.0148. The Balaban J connectivity index is 1.82. The van der Waals surface area contributed by atoms with Crippen LogP contribution in [0.1, 0.15) is 50.0 Å². The van der Waals surface area contributed by atoms with Gasteiger partial charge in [0.2, 0.25) is 5.91 Å². The summed E-state index contributed by atoms with van der Waals surface area (Å²) in [6.07, 6.45) is 5.04. The maximum absolute atomic E-state index is 14.8. The summed E-state index contributed by atoms with van der Waals surface area (Å²) in [6, 6.07) is 6.49. The van der Waals surface area contributed by atoms with Crippen LogP contribution in [-0.4, -0.2) is 29.7 Å². The van der Waals surface area contributed by atoms with Gasteiger partial charge < -0.3 is 10.2 Å². The highest BCUT2D eigenvalue weighted by molar-refractivity contribution is 6.00. The molecule has 1 aliphatic carbocycles. The molecule has 142 valence electrons. The molecular weight excluding hydrogens is 343 g/mol. The Morgan fingerprint density at radius 2 is 1.85 bits per heavy atom. The summed E-state index contributed by atoms with van der Waals surface area (Å²) in [5, 5.41) is 3.23. The molecule has 1 N–H and O–H groups in total. The van der Waals surface area contributed by atoms with Crippen LogP contribution in [0.2, 0.25) is 0 Å². The largest absolute Gasteiger partial charge is 0.362 e. The molecule has 2 heterocycles. The zero-order chi connectivity index (χ0) is 19.0. The van der Waals surface area contributed by atoms with E-state index in [1.807, 2.05) is 4.90 Å². The highest BCUT2D eigenvalue weighted by Crippen LogP contribution is 2.45. The molecular formula is C22H25FN2O2. The molecule has 4 rings (SSSR count). The van der Waals surface area contributed by atoms with Crippen LogP contribution in [-0.2, 0) is 9.59 Å². The van der Waals surface area contributed by atoms with Gasteiger partial charge in [0.05, 0.1) is 5.92 Å². The van der Waals surface area contributed by atoms with E-state index in [0.29, 0.717) is 36.3 Å². The molecule has 2 unspecified atom stereocenters. The predicted octanol–water partition coefficient (Wildman–Crippen LogP) is 3.66. The molecule has 0 saturated carbocycles. The first-order chi connectivity index (χ1) is 13.1. The first-order valence-electron chi connectivity index (χ1n) is 9.83. The van der Waals surface area contributed by atoms with E-state index in [1.54, 1.807) is 18.2 Å². The van der Waals surface area contributed by atoms with Crippen LogP contribution < -0.4 is 5.32 Å². The quantitative estimate of drug-likeness (QED) is 0.867. The normalized spacial score (nSPS) is 25.9. The van der Waals surface area contributed by atoms with Crippen molar-refractivity contribution in [1.82, 2.24) is 10.2 Å². The summed E-state index contributed by atoms with van der Waals surface area (Å²) in [6.45, 7) is 5.54. The average molecular weight is 368 g/mol. The summed E-state index contributed by atoms with van der Waals surface area (Å²) in [5.41, 5.74) is 2.38. The number of carbonyl (C=O) groups is 2. The van der Waals surface area contributed by atoms with Crippen LogP contribution in [0.3, 0.4) is 0 Å². The van der Waals surface area contributed by atoms with Crippen molar-refractivity contribution in [3.63, 3.8) is 0 Å². The highest BCUT2D eigenvalue weighted by atomic mass is 19.1. The van der Waals surface area contributed by atoms with Crippen LogP contribution in [0, 0.1) is 11.7 Å². The Bertz CT molecular complexity index is 823. The second kappa shape index (κ2) is 7.29. The van der Waals surface area contributed by atoms with Crippen LogP contribution >= 0.6 is 0 Å². The van der Waals surface area contributed by atoms with Crippen LogP contribution in [0.15, 0.2) is 47.8 Å². The zero-order valence-corrected chi connectivity index (χ0v) is 15.5. The van der Waals surface area contributed by atoms with Gasteiger partial charge in [0.15, 0.2) is 5.78 Å². The number of likely N-dealkylation sites (tertiary alicyclic amines) is 1. The van der Waals surface area contributed by atoms with Gasteiger partial charge in [-0.15, -0.1) is 0 Å². The topological polar surface area (TPSA) is 49.4 Å². The number of rotatable bonds is 2. The van der Waals surface area contributed by atoms with Crippen molar-refractivity contribution in [2.24, 2.45) is 5.92 Å². The Hall–Kier alpha value is -2.43. The lowest BCUT2D eigenvalue weighted by atomic mass is 9.71. The third-order valence-corrected chi connectivity index (χ3v) is 5.96. The maximum Gasteiger partial charge on any atom is 0.232 e. The van der Waals surface area contributed by atoms with E-state index in [4.69, 9.17) is 0 Å². The van der Waals surface area contributed by atoms with Crippen LogP contribution in [0.4, 0.5) is 4.39 Å². The second-order valence-corrected chi connectivity index (χ2v) is 7.68. The van der Waals surface area contributed by atoms with Gasteiger partial charge in [-0.2, -0.15) is 0 Å². The minimum atomic E-state index is -0.652. The van der Waals surface area contributed by atoms with E-state index >= 15 is 0 Å². The number of Topliss-reactive ketones (excluding diaryl/α,β-unsaturated/α-hetero) is 1. The Morgan fingerprint density at radius 1 is 1.11 bits per heavy atom. The van der Waals surface area contributed by atoms with E-state index < -0.39 is 11.8 Å². The molecule has 5 heteroatoms. The van der Waals surface area contributed by atoms with Gasteiger partial charge in [-0.25, -0.2) is 4.39 Å². The Morgan fingerprint density at radius 3 is 2.59 bits per heavy atom. The first-order valence-corrected chi connectivity index (χ1v) is 9.83. The van der Waals surface area contributed by atoms with Gasteiger partial charge in [0.25, 0.3) is 0 Å². The molecule has 4 nitrogen and oxygen atoms in total. The standard InChI is InChI=1S/C22H25FN2O2/c1-14-19(22(27)25-12-5-2-6-13-25)20(15-8-3-4-9-16(15)23)21-17(24-14)10-7-11-18(21)26/h3-4,8-9,19-20,24H,1-2,5-7,10-13H2. The molecule has 0 aromatic heterocycles. The summed E-state index contributed by atoms with van der Waals surface area (Å²) in [4.78, 5) is 28.1. The van der Waals surface area contributed by atoms with Gasteiger partial charge in [0, 0.05) is 42.4 Å². The molecule has 1 fully saturated rings. The van der Waals surface area contributed by atoms with E-state index in [0.717, 1.165) is 37.8 Å². The SMILES string of the molecule is C=C1NC2=C(C(=O)CCC2)C(c2ccccc2F)C1C(=O)N1CCCCC1. The van der Waals surface area contributed by atoms with Crippen molar-refractivity contribution >= 4 is 11.7 Å². The number of nitrogens with one attached hydrogen (secondary N) is 1. The molecule has 1 aromatic carbocycles. The van der Waals surface area contributed by atoms with Crippen molar-refractivity contribution in [1.29, 1.82) is 0 Å². The van der Waals surface area contributed by atoms with Gasteiger partial charge >= 0.3 is 0 Å². The molecule has 27 heavy (non-hydrogen) atoms. The fraction of sp³-hybridized carbons (Fsp3) is 0.455. The molecule has 1 aromatic rings. The number of nitrogens with zero attached hydrogens (tertiary/aromatic N) is 1. The van der Waals surface area contributed by atoms with Crippen molar-refractivity contribution in [3.05, 3.63) is 59.2 Å². The first kappa shape index (κ1) is 18.0. The smallest absolute Gasteiger partial charge is 0.232 e. The summed E-state index contributed by atoms with van der Waals surface area (Å²) in [5.74, 6) is -1.66. The number of allylic oxidation sites excluding steroid dienone is 2. The lowest BCUT2D eigenvalue weighted by molar-refractivity contribution is -0.136. The zero-order valence-electron chi connectivity index (χ0n) is 15.5. The number of ketones is 1. The van der Waals surface area contributed by atoms with Gasteiger partial charge in [-0.1, -0.05) is 24.8 Å². The van der Waals surface area contributed by atoms with E-state index in [2.05, 4.69) is 11.9 Å². The van der Waals surface area contributed by atoms with E-state index in [1.165, 1.54) is 6.07 Å². The maximum atomic E-state index is 14.8. The van der Waals surface area contributed by atoms with Crippen molar-refractivity contribution in [3.8, 4) is 0 Å². The molecule has 0 bridgehead atoms. The number of hydrogen-bond acceptors (Lipinski definition) is 3. The summed E-state index contributed by atoms with van der Waals surface area (Å²) >= 11 is 0. The lowest BCUT2D eigenvalue weighted by Gasteiger charge is -2.41. The number of benzene rings is 1. The molecule has 0 spiro atoms. The number of hydrogen-bond donors (Lipinski definition) is 1. The molecule has 3 aliphatic rings.